The fourth-order valence-electron chi connectivity index (χ4n) is 2.45. The largest absolute Gasteiger partial charge is 0.491 e. The lowest BCUT2D eigenvalue weighted by Crippen LogP contribution is -2.25. The zero-order chi connectivity index (χ0) is 13.8. The SMILES string of the molecule is Brc1ccc(OCC2CCCCO2)cc1CNC1CC1. The summed E-state index contributed by atoms with van der Waals surface area (Å²) in [6, 6.07) is 6.94. The summed E-state index contributed by atoms with van der Waals surface area (Å²) in [7, 11) is 0. The molecule has 0 aromatic heterocycles. The maximum absolute atomic E-state index is 5.89. The van der Waals surface area contributed by atoms with Crippen molar-refractivity contribution in [2.45, 2.75) is 50.8 Å². The lowest BCUT2D eigenvalue weighted by molar-refractivity contribution is -0.0110. The van der Waals surface area contributed by atoms with Crippen LogP contribution in [0.1, 0.15) is 37.7 Å². The second kappa shape index (κ2) is 6.92. The third-order valence-electron chi connectivity index (χ3n) is 3.89. The van der Waals surface area contributed by atoms with Crippen LogP contribution in [0.15, 0.2) is 22.7 Å². The average Bonchev–Trinajstić information content (AvgIpc) is 3.30. The van der Waals surface area contributed by atoms with Gasteiger partial charge < -0.3 is 14.8 Å². The van der Waals surface area contributed by atoms with E-state index >= 15 is 0 Å². The van der Waals surface area contributed by atoms with Gasteiger partial charge in [0.15, 0.2) is 0 Å². The van der Waals surface area contributed by atoms with Crippen molar-refractivity contribution in [2.24, 2.45) is 0 Å². The van der Waals surface area contributed by atoms with Crippen LogP contribution < -0.4 is 10.1 Å². The molecule has 1 saturated heterocycles. The quantitative estimate of drug-likeness (QED) is 0.858. The molecule has 110 valence electrons. The van der Waals surface area contributed by atoms with E-state index in [0.29, 0.717) is 6.61 Å². The van der Waals surface area contributed by atoms with Crippen molar-refractivity contribution < 1.29 is 9.47 Å². The van der Waals surface area contributed by atoms with Gasteiger partial charge in [-0.2, -0.15) is 0 Å². The predicted molar refractivity (Wildman–Crippen MR) is 83.1 cm³/mol. The highest BCUT2D eigenvalue weighted by atomic mass is 79.9. The molecule has 1 atom stereocenters. The monoisotopic (exact) mass is 339 g/mol. The van der Waals surface area contributed by atoms with Crippen LogP contribution in [0.2, 0.25) is 0 Å². The number of benzene rings is 1. The predicted octanol–water partition coefficient (Wildman–Crippen LogP) is 3.65. The number of halogens is 1. The van der Waals surface area contributed by atoms with E-state index in [2.05, 4.69) is 33.4 Å². The molecule has 1 aliphatic carbocycles. The van der Waals surface area contributed by atoms with Crippen molar-refractivity contribution in [3.8, 4) is 5.75 Å². The van der Waals surface area contributed by atoms with Crippen LogP contribution in [-0.2, 0) is 11.3 Å². The van der Waals surface area contributed by atoms with Crippen LogP contribution in [0.5, 0.6) is 5.75 Å². The highest BCUT2D eigenvalue weighted by Crippen LogP contribution is 2.25. The summed E-state index contributed by atoms with van der Waals surface area (Å²) in [4.78, 5) is 0. The first kappa shape index (κ1) is 14.4. The van der Waals surface area contributed by atoms with E-state index in [1.165, 1.54) is 31.2 Å². The number of ether oxygens (including phenoxy) is 2. The van der Waals surface area contributed by atoms with Gasteiger partial charge in [0.25, 0.3) is 0 Å². The molecule has 3 rings (SSSR count). The van der Waals surface area contributed by atoms with Crippen LogP contribution in [0.25, 0.3) is 0 Å². The molecule has 1 saturated carbocycles. The fourth-order valence-corrected chi connectivity index (χ4v) is 2.83. The minimum absolute atomic E-state index is 0.264. The number of hydrogen-bond donors (Lipinski definition) is 1. The number of rotatable bonds is 6. The van der Waals surface area contributed by atoms with E-state index in [-0.39, 0.29) is 6.10 Å². The Balaban J connectivity index is 1.53. The average molecular weight is 340 g/mol. The Morgan fingerprint density at radius 1 is 1.25 bits per heavy atom. The maximum atomic E-state index is 5.89. The molecule has 0 radical (unpaired) electrons. The van der Waals surface area contributed by atoms with E-state index in [1.807, 2.05) is 6.07 Å². The smallest absolute Gasteiger partial charge is 0.119 e. The highest BCUT2D eigenvalue weighted by molar-refractivity contribution is 9.10. The molecule has 1 heterocycles. The van der Waals surface area contributed by atoms with Gasteiger partial charge in [0.2, 0.25) is 0 Å². The van der Waals surface area contributed by atoms with Gasteiger partial charge in [0.05, 0.1) is 6.10 Å². The molecule has 3 nitrogen and oxygen atoms in total. The Kier molecular flexibility index (Phi) is 4.97. The van der Waals surface area contributed by atoms with Gasteiger partial charge >= 0.3 is 0 Å². The first-order valence-corrected chi connectivity index (χ1v) is 8.37. The van der Waals surface area contributed by atoms with Crippen LogP contribution in [0.3, 0.4) is 0 Å². The maximum Gasteiger partial charge on any atom is 0.119 e. The summed E-state index contributed by atoms with van der Waals surface area (Å²) >= 11 is 3.61. The molecule has 1 N–H and O–H groups in total. The zero-order valence-electron chi connectivity index (χ0n) is 11.7. The van der Waals surface area contributed by atoms with Crippen molar-refractivity contribution in [1.82, 2.24) is 5.32 Å². The lowest BCUT2D eigenvalue weighted by atomic mass is 10.1. The number of hydrogen-bond acceptors (Lipinski definition) is 3. The molecule has 0 bridgehead atoms. The van der Waals surface area contributed by atoms with Crippen molar-refractivity contribution >= 4 is 15.9 Å². The molecular formula is C16H22BrNO2. The van der Waals surface area contributed by atoms with Crippen LogP contribution >= 0.6 is 15.9 Å². The first-order valence-electron chi connectivity index (χ1n) is 7.57. The van der Waals surface area contributed by atoms with Crippen molar-refractivity contribution in [1.29, 1.82) is 0 Å². The molecule has 0 spiro atoms. The van der Waals surface area contributed by atoms with Crippen molar-refractivity contribution in [3.05, 3.63) is 28.2 Å². The third-order valence-corrected chi connectivity index (χ3v) is 4.66. The van der Waals surface area contributed by atoms with E-state index in [9.17, 15) is 0 Å². The summed E-state index contributed by atoms with van der Waals surface area (Å²) in [6.45, 7) is 2.45. The Morgan fingerprint density at radius 2 is 2.15 bits per heavy atom. The van der Waals surface area contributed by atoms with E-state index in [4.69, 9.17) is 9.47 Å². The molecule has 2 fully saturated rings. The third kappa shape index (κ3) is 4.21. The summed E-state index contributed by atoms with van der Waals surface area (Å²) in [5, 5.41) is 3.54. The fraction of sp³-hybridized carbons (Fsp3) is 0.625. The van der Waals surface area contributed by atoms with E-state index in [1.54, 1.807) is 0 Å². The molecule has 1 aromatic carbocycles. The van der Waals surface area contributed by atoms with Gasteiger partial charge in [-0.25, -0.2) is 0 Å². The Hall–Kier alpha value is -0.580. The molecule has 1 unspecified atom stereocenters. The van der Waals surface area contributed by atoms with Gasteiger partial charge in [-0.05, 0) is 55.9 Å². The lowest BCUT2D eigenvalue weighted by Gasteiger charge is -2.22. The highest BCUT2D eigenvalue weighted by Gasteiger charge is 2.20. The van der Waals surface area contributed by atoms with Gasteiger partial charge in [0.1, 0.15) is 12.4 Å². The minimum Gasteiger partial charge on any atom is -0.491 e. The van der Waals surface area contributed by atoms with Crippen molar-refractivity contribution in [3.63, 3.8) is 0 Å². The van der Waals surface area contributed by atoms with Crippen LogP contribution in [-0.4, -0.2) is 25.4 Å². The summed E-state index contributed by atoms with van der Waals surface area (Å²) < 4.78 is 12.7. The van der Waals surface area contributed by atoms with Gasteiger partial charge in [-0.3, -0.25) is 0 Å². The molecule has 20 heavy (non-hydrogen) atoms. The number of nitrogens with one attached hydrogen (secondary N) is 1. The van der Waals surface area contributed by atoms with Gasteiger partial charge in [-0.1, -0.05) is 15.9 Å². The van der Waals surface area contributed by atoms with Gasteiger partial charge in [-0.15, -0.1) is 0 Å². The summed E-state index contributed by atoms with van der Waals surface area (Å²) in [5.41, 5.74) is 1.26. The molecule has 1 aliphatic heterocycles. The van der Waals surface area contributed by atoms with E-state index in [0.717, 1.165) is 35.8 Å². The van der Waals surface area contributed by atoms with Gasteiger partial charge in [0, 0.05) is 23.7 Å². The minimum atomic E-state index is 0.264. The second-order valence-corrected chi connectivity index (χ2v) is 6.56. The Bertz CT molecular complexity index is 442. The van der Waals surface area contributed by atoms with E-state index < -0.39 is 0 Å². The van der Waals surface area contributed by atoms with Crippen molar-refractivity contribution in [2.75, 3.05) is 13.2 Å². The van der Waals surface area contributed by atoms with Crippen LogP contribution in [0, 0.1) is 0 Å². The summed E-state index contributed by atoms with van der Waals surface area (Å²) in [6.07, 6.45) is 6.45. The first-order chi connectivity index (χ1) is 9.81. The normalized spacial score (nSPS) is 22.8. The second-order valence-electron chi connectivity index (χ2n) is 5.71. The van der Waals surface area contributed by atoms with Crippen LogP contribution in [0.4, 0.5) is 0 Å². The Labute approximate surface area is 129 Å². The zero-order valence-corrected chi connectivity index (χ0v) is 13.3. The molecule has 2 aliphatic rings. The topological polar surface area (TPSA) is 30.5 Å². The Morgan fingerprint density at radius 3 is 2.90 bits per heavy atom. The molecule has 1 aromatic rings. The summed E-state index contributed by atoms with van der Waals surface area (Å²) in [5.74, 6) is 0.940. The molecule has 4 heteroatoms. The molecule has 0 amide bonds. The molecular weight excluding hydrogens is 318 g/mol. The standard InChI is InChI=1S/C16H22BrNO2/c17-16-7-6-14(9-12(16)10-18-13-4-5-13)20-11-15-3-1-2-8-19-15/h6-7,9,13,15,18H,1-5,8,10-11H2.